The highest BCUT2D eigenvalue weighted by molar-refractivity contribution is 5.78. The lowest BCUT2D eigenvalue weighted by atomic mass is 10.1. The van der Waals surface area contributed by atoms with Crippen LogP contribution in [0.1, 0.15) is 18.9 Å². The van der Waals surface area contributed by atoms with Gasteiger partial charge in [-0.05, 0) is 42.8 Å². The van der Waals surface area contributed by atoms with E-state index in [1.165, 1.54) is 19.1 Å². The number of alkyl halides is 3. The third kappa shape index (κ3) is 3.31. The number of hydrogen-bond donors (Lipinski definition) is 1. The first-order valence-corrected chi connectivity index (χ1v) is 8.76. The van der Waals surface area contributed by atoms with Gasteiger partial charge in [0.2, 0.25) is 5.91 Å². The summed E-state index contributed by atoms with van der Waals surface area (Å²) in [4.78, 5) is 20.1. The van der Waals surface area contributed by atoms with Crippen molar-refractivity contribution in [1.29, 1.82) is 0 Å². The molecule has 1 fully saturated rings. The summed E-state index contributed by atoms with van der Waals surface area (Å²) in [5.74, 6) is 0.724. The Morgan fingerprint density at radius 3 is 2.59 bits per heavy atom. The zero-order valence-electron chi connectivity index (χ0n) is 14.7. The van der Waals surface area contributed by atoms with Gasteiger partial charge in [0.25, 0.3) is 0 Å². The smallest absolute Gasteiger partial charge is 0.352 e. The van der Waals surface area contributed by atoms with Crippen LogP contribution in [0.15, 0.2) is 42.6 Å². The molecular weight excluding hydrogens is 357 g/mol. The van der Waals surface area contributed by atoms with Crippen LogP contribution >= 0.6 is 0 Å². The lowest BCUT2D eigenvalue weighted by Crippen LogP contribution is -2.44. The van der Waals surface area contributed by atoms with Crippen LogP contribution in [0.25, 0.3) is 0 Å². The monoisotopic (exact) mass is 376 g/mol. The Labute approximate surface area is 154 Å². The van der Waals surface area contributed by atoms with Crippen LogP contribution in [0.5, 0.6) is 0 Å². The maximum absolute atomic E-state index is 12.9. The van der Waals surface area contributed by atoms with E-state index in [0.717, 1.165) is 30.1 Å². The van der Waals surface area contributed by atoms with Crippen molar-refractivity contribution in [3.63, 3.8) is 0 Å². The van der Waals surface area contributed by atoms with Crippen molar-refractivity contribution >= 4 is 23.1 Å². The molecule has 0 radical (unpaired) electrons. The molecule has 1 N–H and O–H groups in total. The van der Waals surface area contributed by atoms with Crippen LogP contribution in [0.4, 0.5) is 30.4 Å². The predicted molar refractivity (Wildman–Crippen MR) is 96.0 cm³/mol. The summed E-state index contributed by atoms with van der Waals surface area (Å²) >= 11 is 0. The predicted octanol–water partition coefficient (Wildman–Crippen LogP) is 3.34. The van der Waals surface area contributed by atoms with E-state index < -0.39 is 11.7 Å². The lowest BCUT2D eigenvalue weighted by molar-refractivity contribution is -0.137. The molecule has 0 saturated carbocycles. The number of fused-ring (bicyclic) bond motifs is 3. The number of carbonyl (C=O) groups is 1. The van der Waals surface area contributed by atoms with Crippen LogP contribution in [0.3, 0.4) is 0 Å². The Kier molecular flexibility index (Phi) is 4.20. The highest BCUT2D eigenvalue weighted by Gasteiger charge is 2.40. The van der Waals surface area contributed by atoms with Gasteiger partial charge in [-0.15, -0.1) is 0 Å². The largest absolute Gasteiger partial charge is 0.416 e. The van der Waals surface area contributed by atoms with Gasteiger partial charge in [0.05, 0.1) is 17.3 Å². The Morgan fingerprint density at radius 1 is 1.19 bits per heavy atom. The highest BCUT2D eigenvalue weighted by atomic mass is 19.4. The van der Waals surface area contributed by atoms with E-state index in [4.69, 9.17) is 0 Å². The Hall–Kier alpha value is -2.77. The fourth-order valence-electron chi connectivity index (χ4n) is 3.95. The molecule has 0 aliphatic carbocycles. The second kappa shape index (κ2) is 6.44. The van der Waals surface area contributed by atoms with Gasteiger partial charge < -0.3 is 15.1 Å². The number of hydrogen-bond acceptors (Lipinski definition) is 4. The zero-order chi connectivity index (χ0) is 19.2. The molecule has 1 aromatic heterocycles. The summed E-state index contributed by atoms with van der Waals surface area (Å²) in [7, 11) is 0. The summed E-state index contributed by atoms with van der Waals surface area (Å²) in [6.07, 6.45) is -1.88. The van der Waals surface area contributed by atoms with Gasteiger partial charge in [-0.1, -0.05) is 0 Å². The second-order valence-electron chi connectivity index (χ2n) is 6.94. The fourth-order valence-corrected chi connectivity index (χ4v) is 3.95. The fraction of sp³-hybridized carbons (Fsp3) is 0.368. The van der Waals surface area contributed by atoms with Gasteiger partial charge in [0.15, 0.2) is 5.82 Å². The van der Waals surface area contributed by atoms with E-state index in [9.17, 15) is 18.0 Å². The van der Waals surface area contributed by atoms with Gasteiger partial charge in [0.1, 0.15) is 0 Å². The lowest BCUT2D eigenvalue weighted by Gasteiger charge is -2.40. The number of rotatable bonds is 2. The third-order valence-corrected chi connectivity index (χ3v) is 5.05. The van der Waals surface area contributed by atoms with E-state index in [1.54, 1.807) is 6.20 Å². The van der Waals surface area contributed by atoms with Crippen LogP contribution in [-0.2, 0) is 11.0 Å². The van der Waals surface area contributed by atoms with Crippen molar-refractivity contribution in [2.45, 2.75) is 31.6 Å². The molecule has 1 amide bonds. The number of aromatic nitrogens is 1. The average molecular weight is 376 g/mol. The number of pyridine rings is 1. The van der Waals surface area contributed by atoms with E-state index in [-0.39, 0.29) is 18.0 Å². The van der Waals surface area contributed by atoms with Crippen molar-refractivity contribution in [3.05, 3.63) is 48.2 Å². The standard InChI is InChI=1S/C19H19F3N4O/c1-12(27)24-14-9-16-11-25(15-6-4-13(5-7-15)19(20,21)22)17-3-2-8-23-18(17)26(16)10-14/h2-8,14,16H,9-11H2,1H3,(H,24,27)/t14-,16-/m1/s1. The second-order valence-corrected chi connectivity index (χ2v) is 6.94. The molecule has 2 aliphatic rings. The van der Waals surface area contributed by atoms with Crippen molar-refractivity contribution in [3.8, 4) is 0 Å². The number of amides is 1. The number of benzene rings is 1. The first-order chi connectivity index (χ1) is 12.8. The number of nitrogens with one attached hydrogen (secondary N) is 1. The molecule has 0 spiro atoms. The van der Waals surface area contributed by atoms with Crippen LogP contribution in [0, 0.1) is 0 Å². The van der Waals surface area contributed by atoms with Crippen LogP contribution in [0.2, 0.25) is 0 Å². The molecule has 27 heavy (non-hydrogen) atoms. The molecule has 2 aromatic rings. The Morgan fingerprint density at radius 2 is 1.93 bits per heavy atom. The molecule has 2 aliphatic heterocycles. The van der Waals surface area contributed by atoms with Crippen molar-refractivity contribution in [1.82, 2.24) is 10.3 Å². The third-order valence-electron chi connectivity index (χ3n) is 5.05. The van der Waals surface area contributed by atoms with Crippen molar-refractivity contribution in [2.75, 3.05) is 22.9 Å². The maximum Gasteiger partial charge on any atom is 0.416 e. The number of halogens is 3. The molecular formula is C19H19F3N4O. The molecule has 5 nitrogen and oxygen atoms in total. The van der Waals surface area contributed by atoms with E-state index in [0.29, 0.717) is 18.8 Å². The summed E-state index contributed by atoms with van der Waals surface area (Å²) in [5.41, 5.74) is 0.889. The van der Waals surface area contributed by atoms with Gasteiger partial charge in [-0.2, -0.15) is 13.2 Å². The van der Waals surface area contributed by atoms with E-state index in [2.05, 4.69) is 15.2 Å². The molecule has 1 aromatic carbocycles. The molecule has 0 bridgehead atoms. The first kappa shape index (κ1) is 17.6. The molecule has 8 heteroatoms. The molecule has 4 rings (SSSR count). The van der Waals surface area contributed by atoms with Crippen molar-refractivity contribution < 1.29 is 18.0 Å². The summed E-state index contributed by atoms with van der Waals surface area (Å²) < 4.78 is 38.6. The normalized spacial score (nSPS) is 21.6. The van der Waals surface area contributed by atoms with Crippen molar-refractivity contribution in [2.24, 2.45) is 0 Å². The van der Waals surface area contributed by atoms with Crippen LogP contribution in [-0.4, -0.2) is 36.1 Å². The van der Waals surface area contributed by atoms with E-state index >= 15 is 0 Å². The molecule has 3 heterocycles. The summed E-state index contributed by atoms with van der Waals surface area (Å²) in [6, 6.07) is 9.10. The number of anilines is 3. The number of nitrogens with zero attached hydrogens (tertiary/aromatic N) is 3. The minimum atomic E-state index is -4.35. The molecule has 2 atom stereocenters. The van der Waals surface area contributed by atoms with Gasteiger partial charge in [-0.3, -0.25) is 4.79 Å². The maximum atomic E-state index is 12.9. The Balaban J connectivity index is 1.66. The van der Waals surface area contributed by atoms with Crippen LogP contribution < -0.4 is 15.1 Å². The average Bonchev–Trinajstić information content (AvgIpc) is 3.02. The quantitative estimate of drug-likeness (QED) is 0.874. The first-order valence-electron chi connectivity index (χ1n) is 8.76. The topological polar surface area (TPSA) is 48.5 Å². The van der Waals surface area contributed by atoms with Gasteiger partial charge in [-0.25, -0.2) is 4.98 Å². The van der Waals surface area contributed by atoms with Gasteiger partial charge in [0, 0.05) is 37.9 Å². The molecule has 1 saturated heterocycles. The Bertz CT molecular complexity index is 853. The van der Waals surface area contributed by atoms with E-state index in [1.807, 2.05) is 17.0 Å². The molecule has 0 unspecified atom stereocenters. The van der Waals surface area contributed by atoms with Gasteiger partial charge >= 0.3 is 6.18 Å². The SMILES string of the molecule is CC(=O)N[C@@H]1C[C@@H]2CN(c3ccc(C(F)(F)F)cc3)c3cccnc3N2C1. The highest BCUT2D eigenvalue weighted by Crippen LogP contribution is 2.42. The summed E-state index contributed by atoms with van der Waals surface area (Å²) in [5, 5.41) is 2.96. The zero-order valence-corrected chi connectivity index (χ0v) is 14.7. The summed E-state index contributed by atoms with van der Waals surface area (Å²) in [6.45, 7) is 2.80. The molecule has 142 valence electrons. The minimum absolute atomic E-state index is 0.0370. The minimum Gasteiger partial charge on any atom is -0.352 e. The number of carbonyl (C=O) groups excluding carboxylic acids is 1.